The van der Waals surface area contributed by atoms with Gasteiger partial charge in [-0.05, 0) is 17.7 Å². The number of alkyl halides is 3. The fraction of sp³-hybridized carbons (Fsp3) is 0.231. The molecule has 8 heteroatoms. The lowest BCUT2D eigenvalue weighted by Crippen LogP contribution is -2.18. The number of ether oxygens (including phenoxy) is 2. The topological polar surface area (TPSA) is 70.3 Å². The van der Waals surface area contributed by atoms with Gasteiger partial charge in [0.15, 0.2) is 0 Å². The molecule has 1 atom stereocenters. The molecule has 1 unspecified atom stereocenters. The van der Waals surface area contributed by atoms with Crippen molar-refractivity contribution >= 4 is 0 Å². The minimum Gasteiger partial charge on any atom is -0.481 e. The van der Waals surface area contributed by atoms with Crippen LogP contribution in [0.2, 0.25) is 0 Å². The molecular formula is C13H12F3N3O2. The summed E-state index contributed by atoms with van der Waals surface area (Å²) in [4.78, 5) is 7.83. The van der Waals surface area contributed by atoms with Crippen molar-refractivity contribution in [3.63, 3.8) is 0 Å². The Labute approximate surface area is 118 Å². The van der Waals surface area contributed by atoms with E-state index in [0.29, 0.717) is 17.1 Å². The first-order valence-corrected chi connectivity index (χ1v) is 5.86. The zero-order valence-electron chi connectivity index (χ0n) is 11.0. The Bertz CT molecular complexity index is 620. The molecular weight excluding hydrogens is 287 g/mol. The lowest BCUT2D eigenvalue weighted by Gasteiger charge is -2.14. The number of aromatic nitrogens is 2. The van der Waals surface area contributed by atoms with E-state index < -0.39 is 12.4 Å². The molecule has 0 saturated carbocycles. The predicted molar refractivity (Wildman–Crippen MR) is 67.7 cm³/mol. The van der Waals surface area contributed by atoms with Crippen LogP contribution in [0.5, 0.6) is 11.6 Å². The van der Waals surface area contributed by atoms with Gasteiger partial charge >= 0.3 is 6.36 Å². The highest BCUT2D eigenvalue weighted by Gasteiger charge is 2.31. The van der Waals surface area contributed by atoms with E-state index in [2.05, 4.69) is 14.7 Å². The normalized spacial score (nSPS) is 12.8. The van der Waals surface area contributed by atoms with Gasteiger partial charge in [-0.2, -0.15) is 0 Å². The molecule has 0 aliphatic heterocycles. The highest BCUT2D eigenvalue weighted by atomic mass is 19.4. The second-order valence-electron chi connectivity index (χ2n) is 4.08. The average Bonchev–Trinajstić information content (AvgIpc) is 2.45. The van der Waals surface area contributed by atoms with Crippen LogP contribution in [0.3, 0.4) is 0 Å². The summed E-state index contributed by atoms with van der Waals surface area (Å²) in [5, 5.41) is 0. The molecule has 5 nitrogen and oxygen atoms in total. The van der Waals surface area contributed by atoms with Crippen LogP contribution in [-0.2, 0) is 0 Å². The number of hydrogen-bond donors (Lipinski definition) is 1. The van der Waals surface area contributed by atoms with Crippen LogP contribution < -0.4 is 15.2 Å². The van der Waals surface area contributed by atoms with Gasteiger partial charge in [-0.25, -0.2) is 9.97 Å². The van der Waals surface area contributed by atoms with Gasteiger partial charge in [-0.1, -0.05) is 12.1 Å². The first-order chi connectivity index (χ1) is 9.89. The van der Waals surface area contributed by atoms with E-state index in [4.69, 9.17) is 10.5 Å². The Morgan fingerprint density at radius 3 is 2.62 bits per heavy atom. The van der Waals surface area contributed by atoms with E-state index in [1.54, 1.807) is 6.07 Å². The van der Waals surface area contributed by atoms with Gasteiger partial charge in [0.05, 0.1) is 18.8 Å². The molecule has 0 amide bonds. The molecule has 21 heavy (non-hydrogen) atoms. The predicted octanol–water partition coefficient (Wildman–Crippen LogP) is 2.43. The van der Waals surface area contributed by atoms with Gasteiger partial charge in [-0.15, -0.1) is 13.2 Å². The SMILES string of the molecule is COc1cc(C(N)c2cccc(OC(F)(F)F)c2)ncn1. The maximum atomic E-state index is 12.2. The zero-order valence-corrected chi connectivity index (χ0v) is 11.0. The smallest absolute Gasteiger partial charge is 0.481 e. The molecule has 0 radical (unpaired) electrons. The van der Waals surface area contributed by atoms with Crippen molar-refractivity contribution in [3.8, 4) is 11.6 Å². The minimum absolute atomic E-state index is 0.318. The quantitative estimate of drug-likeness (QED) is 0.939. The molecule has 0 aliphatic carbocycles. The Balaban J connectivity index is 2.26. The monoisotopic (exact) mass is 299 g/mol. The Morgan fingerprint density at radius 1 is 1.19 bits per heavy atom. The maximum absolute atomic E-state index is 12.2. The second-order valence-corrected chi connectivity index (χ2v) is 4.08. The van der Waals surface area contributed by atoms with Crippen LogP contribution >= 0.6 is 0 Å². The van der Waals surface area contributed by atoms with E-state index in [-0.39, 0.29) is 5.75 Å². The molecule has 0 saturated heterocycles. The number of methoxy groups -OCH3 is 1. The summed E-state index contributed by atoms with van der Waals surface area (Å²) in [7, 11) is 1.44. The fourth-order valence-corrected chi connectivity index (χ4v) is 1.71. The highest BCUT2D eigenvalue weighted by Crippen LogP contribution is 2.27. The van der Waals surface area contributed by atoms with Crippen LogP contribution in [0.4, 0.5) is 13.2 Å². The van der Waals surface area contributed by atoms with Gasteiger partial charge in [0.1, 0.15) is 12.1 Å². The molecule has 2 rings (SSSR count). The molecule has 1 aromatic heterocycles. The summed E-state index contributed by atoms with van der Waals surface area (Å²) < 4.78 is 45.4. The van der Waals surface area contributed by atoms with Crippen LogP contribution in [0, 0.1) is 0 Å². The molecule has 0 bridgehead atoms. The zero-order chi connectivity index (χ0) is 15.5. The Hall–Kier alpha value is -2.35. The van der Waals surface area contributed by atoms with Gasteiger partial charge in [0.25, 0.3) is 0 Å². The third kappa shape index (κ3) is 4.06. The van der Waals surface area contributed by atoms with Crippen molar-refractivity contribution in [2.24, 2.45) is 5.73 Å². The van der Waals surface area contributed by atoms with Crippen LogP contribution in [0.25, 0.3) is 0 Å². The van der Waals surface area contributed by atoms with Gasteiger partial charge < -0.3 is 15.2 Å². The summed E-state index contributed by atoms with van der Waals surface area (Å²) in [6.07, 6.45) is -3.48. The van der Waals surface area contributed by atoms with Crippen molar-refractivity contribution in [2.75, 3.05) is 7.11 Å². The van der Waals surface area contributed by atoms with Crippen molar-refractivity contribution < 1.29 is 22.6 Å². The lowest BCUT2D eigenvalue weighted by atomic mass is 10.0. The summed E-state index contributed by atoms with van der Waals surface area (Å²) in [6, 6.07) is 6.22. The van der Waals surface area contributed by atoms with E-state index >= 15 is 0 Å². The van der Waals surface area contributed by atoms with Gasteiger partial charge in [0, 0.05) is 6.07 Å². The number of hydrogen-bond acceptors (Lipinski definition) is 5. The average molecular weight is 299 g/mol. The van der Waals surface area contributed by atoms with Crippen LogP contribution in [0.1, 0.15) is 17.3 Å². The summed E-state index contributed by atoms with van der Waals surface area (Å²) >= 11 is 0. The first-order valence-electron chi connectivity index (χ1n) is 5.86. The minimum atomic E-state index is -4.75. The van der Waals surface area contributed by atoms with Crippen molar-refractivity contribution in [2.45, 2.75) is 12.4 Å². The summed E-state index contributed by atoms with van der Waals surface area (Å²) in [5.74, 6) is -0.0189. The summed E-state index contributed by atoms with van der Waals surface area (Å²) in [5.41, 5.74) is 6.84. The molecule has 0 aliphatic rings. The second kappa shape index (κ2) is 5.96. The van der Waals surface area contributed by atoms with E-state index in [1.165, 1.54) is 37.7 Å². The number of benzene rings is 1. The highest BCUT2D eigenvalue weighted by molar-refractivity contribution is 5.35. The number of nitrogens with two attached hydrogens (primary N) is 1. The first kappa shape index (κ1) is 15.0. The van der Waals surface area contributed by atoms with E-state index in [9.17, 15) is 13.2 Å². The van der Waals surface area contributed by atoms with E-state index in [1.807, 2.05) is 0 Å². The molecule has 112 valence electrons. The van der Waals surface area contributed by atoms with Crippen molar-refractivity contribution in [1.29, 1.82) is 0 Å². The third-order valence-electron chi connectivity index (χ3n) is 2.64. The molecule has 2 aromatic rings. The summed E-state index contributed by atoms with van der Waals surface area (Å²) in [6.45, 7) is 0. The van der Waals surface area contributed by atoms with Gasteiger partial charge in [-0.3, -0.25) is 0 Å². The standard InChI is InChI=1S/C13H12F3N3O2/c1-20-11-6-10(18-7-19-11)12(17)8-3-2-4-9(5-8)21-13(14,15)16/h2-7,12H,17H2,1H3. The van der Waals surface area contributed by atoms with Crippen LogP contribution in [-0.4, -0.2) is 23.4 Å². The molecule has 0 spiro atoms. The molecule has 1 aromatic carbocycles. The molecule has 1 heterocycles. The Kier molecular flexibility index (Phi) is 4.27. The van der Waals surface area contributed by atoms with Crippen molar-refractivity contribution in [3.05, 3.63) is 47.9 Å². The Morgan fingerprint density at radius 2 is 1.95 bits per heavy atom. The molecule has 2 N–H and O–H groups in total. The maximum Gasteiger partial charge on any atom is 0.573 e. The fourth-order valence-electron chi connectivity index (χ4n) is 1.71. The number of halogens is 3. The van der Waals surface area contributed by atoms with Crippen molar-refractivity contribution in [1.82, 2.24) is 9.97 Å². The van der Waals surface area contributed by atoms with Crippen LogP contribution in [0.15, 0.2) is 36.7 Å². The van der Waals surface area contributed by atoms with Gasteiger partial charge in [0.2, 0.25) is 5.88 Å². The number of rotatable bonds is 4. The number of nitrogens with zero attached hydrogens (tertiary/aromatic N) is 2. The van der Waals surface area contributed by atoms with E-state index in [0.717, 1.165) is 0 Å². The lowest BCUT2D eigenvalue weighted by molar-refractivity contribution is -0.274. The largest absolute Gasteiger partial charge is 0.573 e. The molecule has 0 fully saturated rings. The third-order valence-corrected chi connectivity index (χ3v) is 2.64.